The molecule has 30 heavy (non-hydrogen) atoms. The van der Waals surface area contributed by atoms with Gasteiger partial charge in [-0.05, 0) is 60.7 Å². The highest BCUT2D eigenvalue weighted by atomic mass is 35.5. The van der Waals surface area contributed by atoms with Crippen LogP contribution < -0.4 is 21.3 Å². The summed E-state index contributed by atoms with van der Waals surface area (Å²) in [6.45, 7) is 0. The Hall–Kier alpha value is -3.36. The fourth-order valence-corrected chi connectivity index (χ4v) is 2.80. The molecule has 0 radical (unpaired) electrons. The Kier molecular flexibility index (Phi) is 6.71. The van der Waals surface area contributed by atoms with E-state index in [1.54, 1.807) is 0 Å². The molecule has 10 heteroatoms. The topological polar surface area (TPSA) is 82.3 Å². The highest BCUT2D eigenvalue weighted by Crippen LogP contribution is 2.33. The lowest BCUT2D eigenvalue weighted by Crippen LogP contribution is -2.21. The molecule has 0 aliphatic heterocycles. The van der Waals surface area contributed by atoms with E-state index in [2.05, 4.69) is 21.3 Å². The highest BCUT2D eigenvalue weighted by molar-refractivity contribution is 6.38. The second-order valence-electron chi connectivity index (χ2n) is 5.98. The van der Waals surface area contributed by atoms with Crippen molar-refractivity contribution in [3.8, 4) is 0 Å². The fraction of sp³-hybridized carbons (Fsp3) is 0. The van der Waals surface area contributed by atoms with Crippen LogP contribution in [0.1, 0.15) is 0 Å². The van der Waals surface area contributed by atoms with Crippen molar-refractivity contribution in [1.82, 2.24) is 0 Å². The quantitative estimate of drug-likeness (QED) is 0.362. The number of carbonyl (C=O) groups excluding carboxylic acids is 2. The van der Waals surface area contributed by atoms with Crippen molar-refractivity contribution in [2.45, 2.75) is 0 Å². The van der Waals surface area contributed by atoms with Crippen LogP contribution in [0.15, 0.2) is 60.7 Å². The van der Waals surface area contributed by atoms with Gasteiger partial charge in [0.05, 0.1) is 21.4 Å². The Morgan fingerprint density at radius 2 is 0.933 bits per heavy atom. The van der Waals surface area contributed by atoms with Crippen LogP contribution >= 0.6 is 23.2 Å². The monoisotopic (exact) mass is 450 g/mol. The average molecular weight is 451 g/mol. The summed E-state index contributed by atoms with van der Waals surface area (Å²) < 4.78 is 25.8. The van der Waals surface area contributed by atoms with Gasteiger partial charge in [0.25, 0.3) is 0 Å². The van der Waals surface area contributed by atoms with Crippen LogP contribution in [-0.4, -0.2) is 12.1 Å². The van der Waals surface area contributed by atoms with Gasteiger partial charge in [-0.15, -0.1) is 0 Å². The summed E-state index contributed by atoms with van der Waals surface area (Å²) in [6, 6.07) is 11.9. The third kappa shape index (κ3) is 5.82. The summed E-state index contributed by atoms with van der Waals surface area (Å²) in [5.41, 5.74) is 1.16. The number of benzene rings is 3. The molecule has 0 fully saturated rings. The van der Waals surface area contributed by atoms with Gasteiger partial charge in [0.2, 0.25) is 0 Å². The van der Waals surface area contributed by atoms with Crippen molar-refractivity contribution in [2.75, 3.05) is 21.3 Å². The molecule has 3 rings (SSSR count). The van der Waals surface area contributed by atoms with Crippen LogP contribution in [0, 0.1) is 11.6 Å². The first-order valence-corrected chi connectivity index (χ1v) is 9.22. The minimum absolute atomic E-state index is 0.116. The molecular formula is C20H14Cl2F2N4O2. The number of amides is 4. The number of carbonyl (C=O) groups is 2. The van der Waals surface area contributed by atoms with E-state index in [9.17, 15) is 18.4 Å². The predicted octanol–water partition coefficient (Wildman–Crippen LogP) is 6.56. The maximum Gasteiger partial charge on any atom is 0.323 e. The summed E-state index contributed by atoms with van der Waals surface area (Å²) in [5.74, 6) is -0.857. The Morgan fingerprint density at radius 3 is 1.27 bits per heavy atom. The smallest absolute Gasteiger partial charge is 0.308 e. The van der Waals surface area contributed by atoms with E-state index in [1.807, 2.05) is 0 Å². The van der Waals surface area contributed by atoms with E-state index in [1.165, 1.54) is 60.7 Å². The number of nitrogens with one attached hydrogen (secondary N) is 4. The summed E-state index contributed by atoms with van der Waals surface area (Å²) in [5, 5.41) is 10.3. The van der Waals surface area contributed by atoms with Crippen LogP contribution in [0.25, 0.3) is 0 Å². The molecule has 4 amide bonds. The average Bonchev–Trinajstić information content (AvgIpc) is 2.69. The minimum atomic E-state index is -0.616. The van der Waals surface area contributed by atoms with Crippen molar-refractivity contribution < 1.29 is 18.4 Å². The number of rotatable bonds is 4. The molecule has 0 unspecified atom stereocenters. The van der Waals surface area contributed by atoms with Crippen molar-refractivity contribution in [2.24, 2.45) is 0 Å². The van der Waals surface area contributed by atoms with Gasteiger partial charge in [0.15, 0.2) is 0 Å². The molecule has 6 nitrogen and oxygen atoms in total. The van der Waals surface area contributed by atoms with E-state index in [0.29, 0.717) is 11.4 Å². The van der Waals surface area contributed by atoms with E-state index >= 15 is 0 Å². The van der Waals surface area contributed by atoms with Gasteiger partial charge in [0.1, 0.15) is 11.6 Å². The second kappa shape index (κ2) is 9.43. The molecule has 0 bridgehead atoms. The first kappa shape index (κ1) is 21.4. The highest BCUT2D eigenvalue weighted by Gasteiger charge is 2.13. The molecule has 3 aromatic carbocycles. The molecule has 0 heterocycles. The van der Waals surface area contributed by atoms with Gasteiger partial charge in [-0.3, -0.25) is 0 Å². The first-order valence-electron chi connectivity index (χ1n) is 8.46. The molecule has 154 valence electrons. The third-order valence-electron chi connectivity index (χ3n) is 3.76. The molecule has 0 aliphatic carbocycles. The lowest BCUT2D eigenvalue weighted by atomic mass is 10.2. The van der Waals surface area contributed by atoms with E-state index < -0.39 is 23.7 Å². The zero-order valence-corrected chi connectivity index (χ0v) is 16.6. The van der Waals surface area contributed by atoms with Gasteiger partial charge in [-0.25, -0.2) is 18.4 Å². The molecule has 0 saturated heterocycles. The molecule has 0 spiro atoms. The van der Waals surface area contributed by atoms with Crippen LogP contribution in [0.4, 0.5) is 41.1 Å². The summed E-state index contributed by atoms with van der Waals surface area (Å²) in [6.07, 6.45) is 0. The van der Waals surface area contributed by atoms with Gasteiger partial charge in [0, 0.05) is 11.4 Å². The third-order valence-corrected chi connectivity index (χ3v) is 4.38. The van der Waals surface area contributed by atoms with E-state index in [0.717, 1.165) is 0 Å². The van der Waals surface area contributed by atoms with Gasteiger partial charge in [-0.2, -0.15) is 0 Å². The Bertz CT molecular complexity index is 990. The summed E-state index contributed by atoms with van der Waals surface area (Å²) >= 11 is 12.3. The number of hydrogen-bond donors (Lipinski definition) is 4. The van der Waals surface area contributed by atoms with Gasteiger partial charge >= 0.3 is 12.1 Å². The minimum Gasteiger partial charge on any atom is -0.308 e. The maximum absolute atomic E-state index is 12.9. The van der Waals surface area contributed by atoms with Crippen LogP contribution in [0.5, 0.6) is 0 Å². The molecular weight excluding hydrogens is 437 g/mol. The van der Waals surface area contributed by atoms with Crippen molar-refractivity contribution in [1.29, 1.82) is 0 Å². The zero-order valence-electron chi connectivity index (χ0n) is 15.1. The van der Waals surface area contributed by atoms with E-state index in [-0.39, 0.29) is 21.4 Å². The van der Waals surface area contributed by atoms with Gasteiger partial charge in [-0.1, -0.05) is 23.2 Å². The Balaban J connectivity index is 1.64. The molecule has 3 aromatic rings. The first-order chi connectivity index (χ1) is 14.3. The molecule has 0 aromatic heterocycles. The zero-order chi connectivity index (χ0) is 21.7. The van der Waals surface area contributed by atoms with Crippen LogP contribution in [0.3, 0.4) is 0 Å². The van der Waals surface area contributed by atoms with Gasteiger partial charge < -0.3 is 21.3 Å². The predicted molar refractivity (Wildman–Crippen MR) is 115 cm³/mol. The van der Waals surface area contributed by atoms with Crippen LogP contribution in [-0.2, 0) is 0 Å². The number of halogens is 4. The standard InChI is InChI=1S/C20H14Cl2F2N4O2/c21-15-10-18(28-20(30)26-14-7-3-12(24)4-8-14)16(22)9-17(15)27-19(29)25-13-5-1-11(23)2-6-13/h1-10H,(H2,25,27,29)(H2,26,28,30). The normalized spacial score (nSPS) is 10.3. The van der Waals surface area contributed by atoms with Crippen LogP contribution in [0.2, 0.25) is 10.0 Å². The Labute approximate surface area is 180 Å². The summed E-state index contributed by atoms with van der Waals surface area (Å²) in [4.78, 5) is 24.2. The second-order valence-corrected chi connectivity index (χ2v) is 6.80. The van der Waals surface area contributed by atoms with Crippen molar-refractivity contribution in [3.63, 3.8) is 0 Å². The molecule has 0 aliphatic rings. The lowest BCUT2D eigenvalue weighted by Gasteiger charge is -2.13. The van der Waals surface area contributed by atoms with E-state index in [4.69, 9.17) is 23.2 Å². The molecule has 4 N–H and O–H groups in total. The Morgan fingerprint density at radius 1 is 0.600 bits per heavy atom. The lowest BCUT2D eigenvalue weighted by molar-refractivity contribution is 0.261. The number of urea groups is 2. The largest absolute Gasteiger partial charge is 0.323 e. The maximum atomic E-state index is 12.9. The number of hydrogen-bond acceptors (Lipinski definition) is 2. The fourth-order valence-electron chi connectivity index (χ4n) is 2.37. The molecule has 0 atom stereocenters. The van der Waals surface area contributed by atoms with Crippen molar-refractivity contribution >= 4 is 58.0 Å². The summed E-state index contributed by atoms with van der Waals surface area (Å²) in [7, 11) is 0. The SMILES string of the molecule is O=C(Nc1ccc(F)cc1)Nc1cc(Cl)c(NC(=O)Nc2ccc(F)cc2)cc1Cl. The van der Waals surface area contributed by atoms with Crippen molar-refractivity contribution in [3.05, 3.63) is 82.3 Å². The number of anilines is 4. The molecule has 0 saturated carbocycles.